The first-order valence-electron chi connectivity index (χ1n) is 17.3. The third-order valence-electron chi connectivity index (χ3n) is 10.9. The van der Waals surface area contributed by atoms with Gasteiger partial charge in [-0.15, -0.1) is 0 Å². The van der Waals surface area contributed by atoms with Gasteiger partial charge in [0.25, 0.3) is 5.19 Å². The molecule has 0 unspecified atom stereocenters. The van der Waals surface area contributed by atoms with Crippen LogP contribution in [-0.2, 0) is 30.8 Å². The van der Waals surface area contributed by atoms with Gasteiger partial charge in [0, 0.05) is 18.8 Å². The van der Waals surface area contributed by atoms with Crippen LogP contribution in [0.25, 0.3) is 10.2 Å². The molecule has 2 saturated carbocycles. The number of benzene rings is 2. The smallest absolute Gasteiger partial charge is 0.274 e. The van der Waals surface area contributed by atoms with Crippen molar-refractivity contribution in [2.45, 2.75) is 94.4 Å². The molecule has 49 heavy (non-hydrogen) atoms. The Labute approximate surface area is 290 Å². The van der Waals surface area contributed by atoms with Crippen LogP contribution in [0.4, 0.5) is 4.39 Å². The number of sulfonamides is 1. The maximum Gasteiger partial charge on any atom is 0.274 e. The lowest BCUT2D eigenvalue weighted by atomic mass is 9.90. The van der Waals surface area contributed by atoms with E-state index in [1.807, 2.05) is 36.4 Å². The molecule has 7 rings (SSSR count). The summed E-state index contributed by atoms with van der Waals surface area (Å²) < 4.78 is 48.6. The van der Waals surface area contributed by atoms with Crippen molar-refractivity contribution in [1.82, 2.24) is 14.6 Å². The van der Waals surface area contributed by atoms with E-state index < -0.39 is 44.2 Å². The predicted molar refractivity (Wildman–Crippen MR) is 185 cm³/mol. The number of rotatable bonds is 7. The number of para-hydroxylation sites is 1. The summed E-state index contributed by atoms with van der Waals surface area (Å²) >= 11 is 1.40. The Bertz CT molecular complexity index is 1860. The summed E-state index contributed by atoms with van der Waals surface area (Å²) in [5.41, 5.74) is 0.449. The third-order valence-corrected chi connectivity index (χ3v) is 14.0. The van der Waals surface area contributed by atoms with Crippen molar-refractivity contribution in [3.63, 3.8) is 0 Å². The number of ether oxygens (including phenoxy) is 1. The van der Waals surface area contributed by atoms with Crippen molar-refractivity contribution >= 4 is 49.2 Å². The van der Waals surface area contributed by atoms with Gasteiger partial charge in [-0.05, 0) is 87.6 Å². The number of thiazole rings is 1. The van der Waals surface area contributed by atoms with E-state index in [1.165, 1.54) is 23.5 Å². The zero-order chi connectivity index (χ0) is 34.4. The van der Waals surface area contributed by atoms with Gasteiger partial charge in [0.05, 0.1) is 33.0 Å². The number of nitrogens with zero attached hydrogens (tertiary/aromatic N) is 2. The Morgan fingerprint density at radius 2 is 1.88 bits per heavy atom. The standard InChI is InChI=1S/C37H42FN3O6S2/c1-36(17-18-36)49(45,46)40-34(44)37-21-26(37)10-6-4-2-3-5-9-25(19-24-13-15-27(38)16-14-24)33(43)41-23-28(20-30(41)31(42)22-37)47-35-39-29-11-7-8-12-32(29)48-35/h6-8,10-16,25-26,28,30H,2-5,9,17-23H2,1H3,(H,40,44)/b10-6-/t25-,26-,28-,30+,37-/m1/s1. The van der Waals surface area contributed by atoms with Crippen molar-refractivity contribution in [3.8, 4) is 5.19 Å². The summed E-state index contributed by atoms with van der Waals surface area (Å²) in [6.45, 7) is 1.81. The molecule has 2 aliphatic heterocycles. The molecule has 260 valence electrons. The number of allylic oxidation sites excluding steroid dienone is 2. The van der Waals surface area contributed by atoms with Crippen LogP contribution in [0, 0.1) is 23.1 Å². The van der Waals surface area contributed by atoms with Gasteiger partial charge in [-0.25, -0.2) is 17.8 Å². The molecule has 3 fully saturated rings. The molecule has 1 aromatic heterocycles. The summed E-state index contributed by atoms with van der Waals surface area (Å²) in [4.78, 5) is 48.9. The zero-order valence-electron chi connectivity index (χ0n) is 27.6. The molecule has 0 radical (unpaired) electrons. The number of carbonyl (C=O) groups excluding carboxylic acids is 3. The third kappa shape index (κ3) is 7.04. The molecule has 2 aromatic carbocycles. The van der Waals surface area contributed by atoms with E-state index in [1.54, 1.807) is 24.0 Å². The van der Waals surface area contributed by atoms with Crippen LogP contribution in [0.5, 0.6) is 5.19 Å². The molecule has 1 saturated heterocycles. The van der Waals surface area contributed by atoms with E-state index in [9.17, 15) is 27.2 Å². The minimum absolute atomic E-state index is 0.166. The lowest BCUT2D eigenvalue weighted by molar-refractivity contribution is -0.142. The summed E-state index contributed by atoms with van der Waals surface area (Å²) in [5, 5.41) is 0.457. The summed E-state index contributed by atoms with van der Waals surface area (Å²) in [6.07, 6.45) is 9.32. The Balaban J connectivity index is 1.18. The molecule has 2 amide bonds. The van der Waals surface area contributed by atoms with Gasteiger partial charge in [0.1, 0.15) is 11.9 Å². The molecule has 4 aliphatic rings. The molecule has 2 aliphatic carbocycles. The maximum absolute atomic E-state index is 14.5. The minimum Gasteiger partial charge on any atom is -0.465 e. The second kappa shape index (κ2) is 13.2. The Morgan fingerprint density at radius 1 is 1.10 bits per heavy atom. The van der Waals surface area contributed by atoms with Crippen molar-refractivity contribution < 1.29 is 31.9 Å². The van der Waals surface area contributed by atoms with Crippen molar-refractivity contribution in [3.05, 3.63) is 72.1 Å². The van der Waals surface area contributed by atoms with Crippen LogP contribution in [0.1, 0.15) is 76.7 Å². The Hall–Kier alpha value is -3.64. The minimum atomic E-state index is -3.90. The van der Waals surface area contributed by atoms with Crippen LogP contribution in [0.2, 0.25) is 0 Å². The maximum atomic E-state index is 14.5. The van der Waals surface area contributed by atoms with Gasteiger partial charge in [0.2, 0.25) is 21.8 Å². The number of hydrogen-bond acceptors (Lipinski definition) is 8. The first kappa shape index (κ1) is 33.8. The molecule has 1 N–H and O–H groups in total. The second-order valence-corrected chi connectivity index (χ2v) is 17.7. The van der Waals surface area contributed by atoms with Gasteiger partial charge in [-0.3, -0.25) is 19.1 Å². The van der Waals surface area contributed by atoms with E-state index in [0.717, 1.165) is 41.5 Å². The number of ketones is 1. The van der Waals surface area contributed by atoms with E-state index in [0.29, 0.717) is 37.3 Å². The molecule has 3 aromatic rings. The fourth-order valence-electron chi connectivity index (χ4n) is 7.37. The molecule has 0 bridgehead atoms. The van der Waals surface area contributed by atoms with E-state index in [2.05, 4.69) is 9.71 Å². The van der Waals surface area contributed by atoms with Crippen molar-refractivity contribution in [2.24, 2.45) is 17.3 Å². The predicted octanol–water partition coefficient (Wildman–Crippen LogP) is 6.13. The Morgan fingerprint density at radius 3 is 2.63 bits per heavy atom. The zero-order valence-corrected chi connectivity index (χ0v) is 29.2. The van der Waals surface area contributed by atoms with Crippen LogP contribution in [0.3, 0.4) is 0 Å². The Kier molecular flexibility index (Phi) is 9.14. The van der Waals surface area contributed by atoms with Gasteiger partial charge < -0.3 is 9.64 Å². The second-order valence-electron chi connectivity index (χ2n) is 14.5. The largest absolute Gasteiger partial charge is 0.465 e. The van der Waals surface area contributed by atoms with Crippen LogP contribution < -0.4 is 9.46 Å². The summed E-state index contributed by atoms with van der Waals surface area (Å²) in [6, 6.07) is 13.0. The highest BCUT2D eigenvalue weighted by Gasteiger charge is 2.62. The number of halogens is 1. The van der Waals surface area contributed by atoms with Gasteiger partial charge >= 0.3 is 0 Å². The summed E-state index contributed by atoms with van der Waals surface area (Å²) in [7, 11) is -3.90. The molecular weight excluding hydrogens is 666 g/mol. The monoisotopic (exact) mass is 707 g/mol. The van der Waals surface area contributed by atoms with Gasteiger partial charge in [0.15, 0.2) is 5.78 Å². The van der Waals surface area contributed by atoms with Crippen LogP contribution in [-0.4, -0.2) is 59.3 Å². The highest BCUT2D eigenvalue weighted by atomic mass is 32.2. The van der Waals surface area contributed by atoms with Crippen LogP contribution >= 0.6 is 11.3 Å². The fraction of sp³-hybridized carbons (Fsp3) is 0.514. The molecule has 3 heterocycles. The van der Waals surface area contributed by atoms with Gasteiger partial charge in [-0.1, -0.05) is 60.6 Å². The molecule has 0 spiro atoms. The number of Topliss-reactive ketones (excluding diaryl/α,β-unsaturated/α-hetero) is 1. The van der Waals surface area contributed by atoms with Gasteiger partial charge in [-0.2, -0.15) is 0 Å². The first-order chi connectivity index (χ1) is 23.5. The molecule has 9 nitrogen and oxygen atoms in total. The average Bonchev–Trinajstić information content (AvgIpc) is 3.88. The number of aromatic nitrogens is 1. The SMILES string of the molecule is CC1(S(=O)(=O)NC(=O)[C@]23CC(=O)[C@@H]4C[C@@H](Oc5nc6ccccc6s5)CN4C(=O)[C@@H](Cc4ccc(F)cc4)CCCCC/C=C\[C@@H]2C3)CC1. The fourth-order valence-corrected chi connectivity index (χ4v) is 9.58. The van der Waals surface area contributed by atoms with Crippen molar-refractivity contribution in [1.29, 1.82) is 0 Å². The number of carbonyl (C=O) groups is 3. The summed E-state index contributed by atoms with van der Waals surface area (Å²) in [5.74, 6) is -2.13. The van der Waals surface area contributed by atoms with Crippen LogP contribution in [0.15, 0.2) is 60.7 Å². The highest BCUT2D eigenvalue weighted by Crippen LogP contribution is 2.57. The normalized spacial score (nSPS) is 29.3. The van der Waals surface area contributed by atoms with E-state index in [-0.39, 0.29) is 42.8 Å². The first-order valence-corrected chi connectivity index (χ1v) is 19.6. The lowest BCUT2D eigenvalue weighted by Crippen LogP contribution is -2.47. The number of amides is 2. The topological polar surface area (TPSA) is 123 Å². The molecule has 5 atom stereocenters. The lowest BCUT2D eigenvalue weighted by Gasteiger charge is -2.29. The molecule has 12 heteroatoms. The van der Waals surface area contributed by atoms with E-state index >= 15 is 0 Å². The average molecular weight is 708 g/mol. The highest BCUT2D eigenvalue weighted by molar-refractivity contribution is 7.91. The molecular formula is C37H42FN3O6S2. The quantitative estimate of drug-likeness (QED) is 0.294. The van der Waals surface area contributed by atoms with E-state index in [4.69, 9.17) is 4.74 Å². The van der Waals surface area contributed by atoms with Crippen molar-refractivity contribution in [2.75, 3.05) is 6.54 Å². The number of nitrogens with one attached hydrogen (secondary N) is 1. The number of hydrogen-bond donors (Lipinski definition) is 1. The number of fused-ring (bicyclic) bond motifs is 3.